The number of carbonyl (C=O) groups is 1. The van der Waals surface area contributed by atoms with Crippen LogP contribution < -0.4 is 9.63 Å². The SMILES string of the molecule is CC(CSCCC(F)(F)F)C(=O)N(C)c1cn(-c2ccc[n+]([O-])c2)nc1Cl. The molecular weight excluding hydrogens is 405 g/mol. The van der Waals surface area contributed by atoms with Crippen LogP contribution in [-0.4, -0.2) is 40.4 Å². The molecule has 2 aromatic heterocycles. The second-order valence-electron chi connectivity index (χ2n) is 5.91. The van der Waals surface area contributed by atoms with Crippen molar-refractivity contribution in [2.45, 2.75) is 19.5 Å². The van der Waals surface area contributed by atoms with Crippen molar-refractivity contribution in [3.05, 3.63) is 41.1 Å². The Hall–Kier alpha value is -1.94. The molecule has 0 aliphatic carbocycles. The van der Waals surface area contributed by atoms with E-state index < -0.39 is 18.5 Å². The molecule has 27 heavy (non-hydrogen) atoms. The molecular formula is C16H18ClF3N4O2S. The normalized spacial score (nSPS) is 12.8. The molecule has 0 radical (unpaired) electrons. The first-order valence-corrected chi connectivity index (χ1v) is 9.48. The Morgan fingerprint density at radius 1 is 1.52 bits per heavy atom. The van der Waals surface area contributed by atoms with Gasteiger partial charge in [0.2, 0.25) is 12.1 Å². The van der Waals surface area contributed by atoms with Crippen molar-refractivity contribution in [1.82, 2.24) is 9.78 Å². The Morgan fingerprint density at radius 3 is 2.85 bits per heavy atom. The minimum Gasteiger partial charge on any atom is -0.619 e. The highest BCUT2D eigenvalue weighted by Crippen LogP contribution is 2.27. The first kappa shape index (κ1) is 21.4. The monoisotopic (exact) mass is 422 g/mol. The molecule has 148 valence electrons. The summed E-state index contributed by atoms with van der Waals surface area (Å²) in [6.45, 7) is 1.65. The van der Waals surface area contributed by atoms with Crippen LogP contribution in [0.2, 0.25) is 5.15 Å². The van der Waals surface area contributed by atoms with E-state index in [0.717, 1.165) is 11.8 Å². The van der Waals surface area contributed by atoms with Gasteiger partial charge in [-0.05, 0) is 6.07 Å². The number of thioether (sulfide) groups is 1. The minimum atomic E-state index is -4.20. The van der Waals surface area contributed by atoms with Gasteiger partial charge in [0.25, 0.3) is 0 Å². The molecule has 6 nitrogen and oxygen atoms in total. The van der Waals surface area contributed by atoms with Crippen LogP contribution in [0.5, 0.6) is 0 Å². The summed E-state index contributed by atoms with van der Waals surface area (Å²) in [5, 5.41) is 15.5. The van der Waals surface area contributed by atoms with Crippen LogP contribution in [0, 0.1) is 11.1 Å². The zero-order valence-electron chi connectivity index (χ0n) is 14.6. The molecule has 2 rings (SSSR count). The van der Waals surface area contributed by atoms with E-state index in [0.29, 0.717) is 16.1 Å². The van der Waals surface area contributed by atoms with Crippen molar-refractivity contribution < 1.29 is 22.7 Å². The summed E-state index contributed by atoms with van der Waals surface area (Å²) in [5.74, 6) is -0.608. The van der Waals surface area contributed by atoms with Crippen molar-refractivity contribution >= 4 is 35.0 Å². The zero-order chi connectivity index (χ0) is 20.2. The predicted molar refractivity (Wildman–Crippen MR) is 98.1 cm³/mol. The third-order valence-corrected chi connectivity index (χ3v) is 5.18. The Balaban J connectivity index is 2.02. The number of anilines is 1. The van der Waals surface area contributed by atoms with E-state index in [-0.39, 0.29) is 22.6 Å². The number of nitrogens with zero attached hydrogens (tertiary/aromatic N) is 4. The first-order chi connectivity index (χ1) is 12.6. The Labute approximate surface area is 163 Å². The Kier molecular flexibility index (Phi) is 6.99. The molecule has 0 fully saturated rings. The molecule has 1 atom stereocenters. The summed E-state index contributed by atoms with van der Waals surface area (Å²) < 4.78 is 38.5. The van der Waals surface area contributed by atoms with Crippen LogP contribution in [0.15, 0.2) is 30.7 Å². The van der Waals surface area contributed by atoms with Crippen LogP contribution >= 0.6 is 23.4 Å². The second-order valence-corrected chi connectivity index (χ2v) is 7.42. The smallest absolute Gasteiger partial charge is 0.389 e. The molecule has 0 spiro atoms. The van der Waals surface area contributed by atoms with Gasteiger partial charge in [0, 0.05) is 30.5 Å². The molecule has 11 heteroatoms. The molecule has 0 saturated carbocycles. The highest BCUT2D eigenvalue weighted by atomic mass is 35.5. The zero-order valence-corrected chi connectivity index (χ0v) is 16.2. The third-order valence-electron chi connectivity index (χ3n) is 3.69. The molecule has 1 unspecified atom stereocenters. The van der Waals surface area contributed by atoms with Gasteiger partial charge >= 0.3 is 6.18 Å². The summed E-state index contributed by atoms with van der Waals surface area (Å²) in [6, 6.07) is 3.20. The number of amides is 1. The second kappa shape index (κ2) is 8.83. The van der Waals surface area contributed by atoms with Gasteiger partial charge in [0.15, 0.2) is 11.3 Å². The van der Waals surface area contributed by atoms with Gasteiger partial charge in [-0.3, -0.25) is 4.79 Å². The number of halogens is 4. The van der Waals surface area contributed by atoms with E-state index in [4.69, 9.17) is 11.6 Å². The molecule has 0 aromatic carbocycles. The van der Waals surface area contributed by atoms with E-state index in [1.165, 1.54) is 35.2 Å². The van der Waals surface area contributed by atoms with E-state index in [1.807, 2.05) is 0 Å². The number of aromatic nitrogens is 3. The molecule has 0 saturated heterocycles. The quantitative estimate of drug-likeness (QED) is 0.389. The van der Waals surface area contributed by atoms with Crippen molar-refractivity contribution in [3.8, 4) is 5.69 Å². The van der Waals surface area contributed by atoms with Gasteiger partial charge < -0.3 is 10.1 Å². The standard InChI is InChI=1S/C16H18ClF3N4O2S/c1-11(10-27-7-5-16(18,19)20)15(25)22(2)13-9-24(21-14(13)17)12-4-3-6-23(26)8-12/h3-4,6,8-9,11H,5,7,10H2,1-2H3. The molecule has 0 aliphatic rings. The lowest BCUT2D eigenvalue weighted by atomic mass is 10.2. The highest BCUT2D eigenvalue weighted by Gasteiger charge is 2.27. The van der Waals surface area contributed by atoms with Crippen LogP contribution in [0.1, 0.15) is 13.3 Å². The molecule has 2 heterocycles. The van der Waals surface area contributed by atoms with Gasteiger partial charge in [-0.1, -0.05) is 18.5 Å². The topological polar surface area (TPSA) is 65.1 Å². The Morgan fingerprint density at radius 2 is 2.22 bits per heavy atom. The number of alkyl halides is 3. The van der Waals surface area contributed by atoms with E-state index in [9.17, 15) is 23.2 Å². The van der Waals surface area contributed by atoms with Gasteiger partial charge in [-0.15, -0.1) is 0 Å². The van der Waals surface area contributed by atoms with Crippen molar-refractivity contribution in [2.75, 3.05) is 23.5 Å². The number of hydrogen-bond donors (Lipinski definition) is 0. The maximum absolute atomic E-state index is 12.5. The van der Waals surface area contributed by atoms with Crippen molar-refractivity contribution in [3.63, 3.8) is 0 Å². The lowest BCUT2D eigenvalue weighted by Gasteiger charge is -2.20. The molecule has 2 aromatic rings. The van der Waals surface area contributed by atoms with E-state index >= 15 is 0 Å². The molecule has 0 bridgehead atoms. The van der Waals surface area contributed by atoms with Crippen LogP contribution in [0.3, 0.4) is 0 Å². The average Bonchev–Trinajstić information content (AvgIpc) is 2.98. The largest absolute Gasteiger partial charge is 0.619 e. The number of pyridine rings is 1. The summed E-state index contributed by atoms with van der Waals surface area (Å²) in [4.78, 5) is 13.8. The van der Waals surface area contributed by atoms with Gasteiger partial charge in [0.05, 0.1) is 12.6 Å². The van der Waals surface area contributed by atoms with Crippen LogP contribution in [-0.2, 0) is 4.79 Å². The van der Waals surface area contributed by atoms with Crippen LogP contribution in [0.4, 0.5) is 18.9 Å². The maximum atomic E-state index is 12.5. The third kappa shape index (κ3) is 6.03. The molecule has 0 N–H and O–H groups in total. The van der Waals surface area contributed by atoms with Crippen molar-refractivity contribution in [2.24, 2.45) is 5.92 Å². The lowest BCUT2D eigenvalue weighted by molar-refractivity contribution is -0.605. The first-order valence-electron chi connectivity index (χ1n) is 7.95. The summed E-state index contributed by atoms with van der Waals surface area (Å²) >= 11 is 7.19. The van der Waals surface area contributed by atoms with Crippen molar-refractivity contribution in [1.29, 1.82) is 0 Å². The van der Waals surface area contributed by atoms with Crippen LogP contribution in [0.25, 0.3) is 5.69 Å². The minimum absolute atomic E-state index is 0.0732. The van der Waals surface area contributed by atoms with E-state index in [1.54, 1.807) is 19.1 Å². The predicted octanol–water partition coefficient (Wildman–Crippen LogP) is 3.44. The average molecular weight is 423 g/mol. The van der Waals surface area contributed by atoms with Gasteiger partial charge in [-0.2, -0.15) is 34.8 Å². The summed E-state index contributed by atoms with van der Waals surface area (Å²) in [5.41, 5.74) is 0.812. The van der Waals surface area contributed by atoms with Gasteiger partial charge in [-0.25, -0.2) is 4.68 Å². The molecule has 0 aliphatic heterocycles. The maximum Gasteiger partial charge on any atom is 0.389 e. The summed E-state index contributed by atoms with van der Waals surface area (Å²) in [6.07, 6.45) is -0.945. The van der Waals surface area contributed by atoms with Gasteiger partial charge in [0.1, 0.15) is 11.4 Å². The summed E-state index contributed by atoms with van der Waals surface area (Å²) in [7, 11) is 1.52. The number of hydrogen-bond acceptors (Lipinski definition) is 4. The number of carbonyl (C=O) groups excluding carboxylic acids is 1. The fourth-order valence-corrected chi connectivity index (χ4v) is 3.54. The van der Waals surface area contributed by atoms with E-state index in [2.05, 4.69) is 5.10 Å². The fourth-order valence-electron chi connectivity index (χ4n) is 2.25. The fraction of sp³-hybridized carbons (Fsp3) is 0.438. The lowest BCUT2D eigenvalue weighted by Crippen LogP contribution is -2.32. The Bertz CT molecular complexity index is 800. The number of rotatable bonds is 7. The highest BCUT2D eigenvalue weighted by molar-refractivity contribution is 7.99. The molecule has 1 amide bonds.